The molecule has 2 aromatic heterocycles. The summed E-state index contributed by atoms with van der Waals surface area (Å²) in [5.74, 6) is 0.188. The summed E-state index contributed by atoms with van der Waals surface area (Å²) < 4.78 is 7.51. The second-order valence-electron chi connectivity index (χ2n) is 8.20. The molecule has 2 aromatic rings. The summed E-state index contributed by atoms with van der Waals surface area (Å²) in [4.78, 5) is 17.3. The molecule has 2 aliphatic rings. The van der Waals surface area contributed by atoms with Crippen molar-refractivity contribution in [3.05, 3.63) is 23.5 Å². The summed E-state index contributed by atoms with van der Waals surface area (Å²) in [5.41, 5.74) is 2.31. The highest BCUT2D eigenvalue weighted by molar-refractivity contribution is 7.17. The number of morpholine rings is 1. The molecule has 0 radical (unpaired) electrons. The Hall–Kier alpha value is -1.97. The van der Waals surface area contributed by atoms with Gasteiger partial charge in [0.2, 0.25) is 16.2 Å². The van der Waals surface area contributed by atoms with Crippen LogP contribution in [-0.4, -0.2) is 78.1 Å². The molecule has 164 valence electrons. The maximum Gasteiger partial charge on any atom is 0.224 e. The lowest BCUT2D eigenvalue weighted by atomic mass is 9.97. The first kappa shape index (κ1) is 21.3. The first-order chi connectivity index (χ1) is 14.6. The van der Waals surface area contributed by atoms with E-state index in [1.807, 2.05) is 0 Å². The van der Waals surface area contributed by atoms with E-state index >= 15 is 0 Å². The van der Waals surface area contributed by atoms with Gasteiger partial charge < -0.3 is 15.0 Å². The minimum atomic E-state index is 0.0181. The number of nitrogens with zero attached hydrogens (tertiary/aromatic N) is 5. The minimum absolute atomic E-state index is 0.0181. The van der Waals surface area contributed by atoms with Crippen LogP contribution in [0.3, 0.4) is 0 Å². The number of ether oxygens (including phenoxy) is 1. The van der Waals surface area contributed by atoms with Crippen molar-refractivity contribution < 1.29 is 9.53 Å². The molecule has 1 N–H and O–H groups in total. The number of nitrogens with one attached hydrogen (secondary N) is 1. The van der Waals surface area contributed by atoms with Crippen molar-refractivity contribution in [2.45, 2.75) is 33.1 Å². The molecule has 9 heteroatoms. The van der Waals surface area contributed by atoms with Crippen LogP contribution < -0.4 is 10.2 Å². The van der Waals surface area contributed by atoms with Gasteiger partial charge >= 0.3 is 0 Å². The second kappa shape index (κ2) is 9.89. The maximum absolute atomic E-state index is 12.7. The van der Waals surface area contributed by atoms with Crippen molar-refractivity contribution in [3.63, 3.8) is 0 Å². The summed E-state index contributed by atoms with van der Waals surface area (Å²) in [6, 6.07) is 4.19. The van der Waals surface area contributed by atoms with Gasteiger partial charge in [0, 0.05) is 44.1 Å². The molecule has 1 amide bonds. The van der Waals surface area contributed by atoms with Crippen LogP contribution in [0.25, 0.3) is 5.13 Å². The smallest absolute Gasteiger partial charge is 0.224 e. The van der Waals surface area contributed by atoms with E-state index in [4.69, 9.17) is 4.74 Å². The number of anilines is 1. The van der Waals surface area contributed by atoms with Crippen molar-refractivity contribution in [1.29, 1.82) is 0 Å². The third kappa shape index (κ3) is 5.01. The van der Waals surface area contributed by atoms with E-state index < -0.39 is 0 Å². The Kier molecular flexibility index (Phi) is 7.01. The Morgan fingerprint density at radius 2 is 1.90 bits per heavy atom. The molecule has 4 heterocycles. The van der Waals surface area contributed by atoms with Gasteiger partial charge in [0.25, 0.3) is 0 Å². The number of carbonyl (C=O) groups is 1. The van der Waals surface area contributed by atoms with Gasteiger partial charge in [0.1, 0.15) is 0 Å². The molecule has 4 rings (SSSR count). The van der Waals surface area contributed by atoms with Crippen LogP contribution in [0, 0.1) is 19.8 Å². The van der Waals surface area contributed by atoms with E-state index in [0.29, 0.717) is 6.54 Å². The largest absolute Gasteiger partial charge is 0.379 e. The van der Waals surface area contributed by atoms with Crippen LogP contribution in [0.15, 0.2) is 12.1 Å². The van der Waals surface area contributed by atoms with Crippen LogP contribution in [0.5, 0.6) is 0 Å². The molecular formula is C21H32N6O2S. The molecule has 0 aromatic carbocycles. The fourth-order valence-electron chi connectivity index (χ4n) is 4.24. The normalized spacial score (nSPS) is 20.5. The number of rotatable bonds is 7. The minimum Gasteiger partial charge on any atom is -0.379 e. The van der Waals surface area contributed by atoms with E-state index in [9.17, 15) is 4.79 Å². The van der Waals surface area contributed by atoms with E-state index in [-0.39, 0.29) is 11.8 Å². The molecule has 0 unspecified atom stereocenters. The molecule has 8 nitrogen and oxygen atoms in total. The number of hydrogen-bond donors (Lipinski definition) is 1. The Balaban J connectivity index is 1.27. The topological polar surface area (TPSA) is 75.5 Å². The van der Waals surface area contributed by atoms with Gasteiger partial charge in [-0.25, -0.2) is 0 Å². The molecule has 2 aliphatic heterocycles. The highest BCUT2D eigenvalue weighted by Crippen LogP contribution is 2.29. The van der Waals surface area contributed by atoms with Gasteiger partial charge in [-0.05, 0) is 51.8 Å². The maximum atomic E-state index is 12.7. The van der Waals surface area contributed by atoms with Gasteiger partial charge in [-0.15, -0.1) is 10.2 Å². The van der Waals surface area contributed by atoms with Gasteiger partial charge in [-0.1, -0.05) is 11.3 Å². The van der Waals surface area contributed by atoms with Crippen LogP contribution >= 0.6 is 11.3 Å². The van der Waals surface area contributed by atoms with Gasteiger partial charge in [-0.3, -0.25) is 14.3 Å². The molecule has 0 spiro atoms. The number of piperidine rings is 1. The fraction of sp³-hybridized carbons (Fsp3) is 0.667. The summed E-state index contributed by atoms with van der Waals surface area (Å²) in [5, 5.41) is 13.8. The monoisotopic (exact) mass is 432 g/mol. The molecule has 2 fully saturated rings. The zero-order chi connectivity index (χ0) is 20.9. The summed E-state index contributed by atoms with van der Waals surface area (Å²) in [6.45, 7) is 11.2. The predicted octanol–water partition coefficient (Wildman–Crippen LogP) is 2.00. The lowest BCUT2D eigenvalue weighted by Gasteiger charge is -2.31. The summed E-state index contributed by atoms with van der Waals surface area (Å²) >= 11 is 1.60. The number of aromatic nitrogens is 3. The molecular weight excluding hydrogens is 400 g/mol. The van der Waals surface area contributed by atoms with Crippen molar-refractivity contribution in [3.8, 4) is 5.13 Å². The highest BCUT2D eigenvalue weighted by atomic mass is 32.1. The fourth-order valence-corrected chi connectivity index (χ4v) is 5.25. The Labute approximate surface area is 182 Å². The Bertz CT molecular complexity index is 825. The predicted molar refractivity (Wildman–Crippen MR) is 119 cm³/mol. The summed E-state index contributed by atoms with van der Waals surface area (Å²) in [6.07, 6.45) is 2.92. The number of amides is 1. The SMILES string of the molecule is Cc1ccc(C)n1-c1nnc(N2CCC[C@H](C(=O)NCCCN3CCOCC3)C2)s1. The molecule has 30 heavy (non-hydrogen) atoms. The average molecular weight is 433 g/mol. The van der Waals surface area contributed by atoms with Gasteiger partial charge in [0.05, 0.1) is 19.1 Å². The number of hydrogen-bond acceptors (Lipinski definition) is 7. The molecule has 0 saturated carbocycles. The quantitative estimate of drug-likeness (QED) is 0.675. The van der Waals surface area contributed by atoms with E-state index in [1.54, 1.807) is 11.3 Å². The highest BCUT2D eigenvalue weighted by Gasteiger charge is 2.28. The van der Waals surface area contributed by atoms with Crippen molar-refractivity contribution in [2.24, 2.45) is 5.92 Å². The van der Waals surface area contributed by atoms with Crippen molar-refractivity contribution in [1.82, 2.24) is 25.0 Å². The molecule has 0 bridgehead atoms. The van der Waals surface area contributed by atoms with Crippen LogP contribution in [0.2, 0.25) is 0 Å². The molecule has 1 atom stereocenters. The first-order valence-corrected chi connectivity index (χ1v) is 11.7. The lowest BCUT2D eigenvalue weighted by molar-refractivity contribution is -0.125. The summed E-state index contributed by atoms with van der Waals surface area (Å²) in [7, 11) is 0. The molecule has 0 aliphatic carbocycles. The van der Waals surface area contributed by atoms with Crippen molar-refractivity contribution in [2.75, 3.05) is 57.4 Å². The second-order valence-corrected chi connectivity index (χ2v) is 9.14. The molecule has 2 saturated heterocycles. The first-order valence-electron chi connectivity index (χ1n) is 10.9. The van der Waals surface area contributed by atoms with E-state index in [0.717, 1.165) is 86.9 Å². The Morgan fingerprint density at radius 1 is 1.17 bits per heavy atom. The van der Waals surface area contributed by atoms with Crippen molar-refractivity contribution >= 4 is 22.4 Å². The van der Waals surface area contributed by atoms with Gasteiger partial charge in [0.15, 0.2) is 0 Å². The lowest BCUT2D eigenvalue weighted by Crippen LogP contribution is -2.44. The zero-order valence-electron chi connectivity index (χ0n) is 18.0. The Morgan fingerprint density at radius 3 is 2.67 bits per heavy atom. The van der Waals surface area contributed by atoms with Crippen LogP contribution in [-0.2, 0) is 9.53 Å². The number of aryl methyl sites for hydroxylation is 2. The average Bonchev–Trinajstić information content (AvgIpc) is 3.38. The van der Waals surface area contributed by atoms with Gasteiger partial charge in [-0.2, -0.15) is 0 Å². The van der Waals surface area contributed by atoms with Crippen LogP contribution in [0.4, 0.5) is 5.13 Å². The van der Waals surface area contributed by atoms with Crippen LogP contribution in [0.1, 0.15) is 30.7 Å². The standard InChI is InChI=1S/C21H32N6O2S/c1-16-6-7-17(2)27(16)21-24-23-20(30-21)26-10-3-5-18(15-26)19(28)22-8-4-9-25-11-13-29-14-12-25/h6-7,18H,3-5,8-15H2,1-2H3,(H,22,28)/t18-/m0/s1. The number of carbonyl (C=O) groups excluding carboxylic acids is 1. The van der Waals surface area contributed by atoms with E-state index in [1.165, 1.54) is 0 Å². The third-order valence-corrected chi connectivity index (χ3v) is 6.95. The van der Waals surface area contributed by atoms with E-state index in [2.05, 4.69) is 55.9 Å². The third-order valence-electron chi connectivity index (χ3n) is 5.98. The zero-order valence-corrected chi connectivity index (χ0v) is 18.8.